The molecule has 1 saturated heterocycles. The molecule has 1 amide bonds. The first-order chi connectivity index (χ1) is 16.1. The number of ether oxygens (including phenoxy) is 2. The Morgan fingerprint density at radius 2 is 1.82 bits per heavy atom. The quantitative estimate of drug-likeness (QED) is 0.411. The summed E-state index contributed by atoms with van der Waals surface area (Å²) >= 11 is 0. The fourth-order valence-corrected chi connectivity index (χ4v) is 4.37. The van der Waals surface area contributed by atoms with Gasteiger partial charge in [-0.05, 0) is 36.4 Å². The van der Waals surface area contributed by atoms with Crippen LogP contribution in [0.2, 0.25) is 0 Å². The normalized spacial score (nSPS) is 15.9. The van der Waals surface area contributed by atoms with E-state index in [0.717, 1.165) is 28.4 Å². The Bertz CT molecular complexity index is 1300. The van der Waals surface area contributed by atoms with E-state index >= 15 is 0 Å². The molecular weight excluding hydrogens is 421 g/mol. The lowest BCUT2D eigenvalue weighted by atomic mass is 10.1. The fourth-order valence-electron chi connectivity index (χ4n) is 4.37. The largest absolute Gasteiger partial charge is 0.497 e. The van der Waals surface area contributed by atoms with Crippen LogP contribution in [0.5, 0.6) is 11.5 Å². The monoisotopic (exact) mass is 445 g/mol. The number of imidazole rings is 1. The van der Waals surface area contributed by atoms with E-state index < -0.39 is 5.82 Å². The second-order valence-corrected chi connectivity index (χ2v) is 7.99. The van der Waals surface area contributed by atoms with Gasteiger partial charge in [-0.25, -0.2) is 9.37 Å². The Labute approximate surface area is 191 Å². The van der Waals surface area contributed by atoms with Gasteiger partial charge in [-0.15, -0.1) is 0 Å². The van der Waals surface area contributed by atoms with Crippen molar-refractivity contribution in [2.45, 2.75) is 18.9 Å². The van der Waals surface area contributed by atoms with Gasteiger partial charge in [-0.3, -0.25) is 4.79 Å². The molecule has 1 aliphatic rings. The van der Waals surface area contributed by atoms with Crippen LogP contribution in [0.25, 0.3) is 11.0 Å². The van der Waals surface area contributed by atoms with E-state index in [0.29, 0.717) is 25.4 Å². The van der Waals surface area contributed by atoms with Crippen molar-refractivity contribution in [1.82, 2.24) is 9.55 Å². The number of benzene rings is 3. The van der Waals surface area contributed by atoms with E-state index in [-0.39, 0.29) is 18.2 Å². The summed E-state index contributed by atoms with van der Waals surface area (Å²) in [6, 6.07) is 21.8. The zero-order valence-corrected chi connectivity index (χ0v) is 18.3. The molecule has 0 spiro atoms. The summed E-state index contributed by atoms with van der Waals surface area (Å²) in [5.41, 5.74) is 2.17. The number of para-hydroxylation sites is 3. The highest BCUT2D eigenvalue weighted by atomic mass is 19.1. The number of hydrogen-bond acceptors (Lipinski definition) is 4. The molecule has 5 rings (SSSR count). The highest BCUT2D eigenvalue weighted by Gasteiger charge is 2.35. The smallest absolute Gasteiger partial charge is 0.227 e. The van der Waals surface area contributed by atoms with Crippen LogP contribution in [-0.4, -0.2) is 35.7 Å². The predicted octanol–water partition coefficient (Wildman–Crippen LogP) is 4.78. The molecular formula is C26H24FN3O3. The molecule has 0 aliphatic carbocycles. The summed E-state index contributed by atoms with van der Waals surface area (Å²) in [5.74, 6) is 1.64. The molecule has 0 saturated carbocycles. The van der Waals surface area contributed by atoms with Gasteiger partial charge >= 0.3 is 0 Å². The van der Waals surface area contributed by atoms with Gasteiger partial charge in [-0.2, -0.15) is 0 Å². The van der Waals surface area contributed by atoms with Crippen LogP contribution in [-0.2, 0) is 11.3 Å². The fraction of sp³-hybridized carbons (Fsp3) is 0.231. The number of nitrogens with zero attached hydrogens (tertiary/aromatic N) is 3. The van der Waals surface area contributed by atoms with Gasteiger partial charge in [0.25, 0.3) is 0 Å². The zero-order valence-electron chi connectivity index (χ0n) is 18.3. The van der Waals surface area contributed by atoms with Crippen molar-refractivity contribution in [3.8, 4) is 11.5 Å². The Kier molecular flexibility index (Phi) is 5.69. The Balaban J connectivity index is 1.40. The first-order valence-electron chi connectivity index (χ1n) is 10.9. The lowest BCUT2D eigenvalue weighted by molar-refractivity contribution is -0.117. The van der Waals surface area contributed by atoms with Crippen molar-refractivity contribution >= 4 is 22.6 Å². The molecule has 1 atom stereocenters. The average Bonchev–Trinajstić information content (AvgIpc) is 3.40. The van der Waals surface area contributed by atoms with E-state index in [1.165, 1.54) is 11.0 Å². The summed E-state index contributed by atoms with van der Waals surface area (Å²) in [4.78, 5) is 19.2. The van der Waals surface area contributed by atoms with Crippen molar-refractivity contribution in [2.24, 2.45) is 0 Å². The highest BCUT2D eigenvalue weighted by Crippen LogP contribution is 2.34. The molecule has 168 valence electrons. The number of carbonyl (C=O) groups is 1. The van der Waals surface area contributed by atoms with E-state index in [1.807, 2.05) is 48.5 Å². The lowest BCUT2D eigenvalue weighted by Gasteiger charge is -2.18. The number of halogens is 1. The predicted molar refractivity (Wildman–Crippen MR) is 124 cm³/mol. The van der Waals surface area contributed by atoms with Gasteiger partial charge in [0.05, 0.1) is 30.4 Å². The number of anilines is 1. The average molecular weight is 445 g/mol. The van der Waals surface area contributed by atoms with Crippen molar-refractivity contribution in [1.29, 1.82) is 0 Å². The second kappa shape index (κ2) is 8.94. The van der Waals surface area contributed by atoms with Crippen LogP contribution < -0.4 is 14.4 Å². The summed E-state index contributed by atoms with van der Waals surface area (Å²) in [7, 11) is 1.62. The van der Waals surface area contributed by atoms with E-state index in [2.05, 4.69) is 4.57 Å². The first-order valence-corrected chi connectivity index (χ1v) is 10.9. The maximum Gasteiger partial charge on any atom is 0.227 e. The standard InChI is InChI=1S/C26H24FN3O3/c1-32-19-7-6-8-20(16-19)33-14-13-29-24-12-5-3-10-22(24)28-26(29)18-15-25(31)30(17-18)23-11-4-2-9-21(23)27/h2-12,16,18H,13-15,17H2,1H3. The summed E-state index contributed by atoms with van der Waals surface area (Å²) in [5, 5.41) is 0. The SMILES string of the molecule is COc1cccc(OCCn2c(C3CC(=O)N(c4ccccc4F)C3)nc3ccccc32)c1. The maximum absolute atomic E-state index is 14.3. The van der Waals surface area contributed by atoms with Crippen LogP contribution in [0, 0.1) is 5.82 Å². The number of carbonyl (C=O) groups excluding carboxylic acids is 1. The van der Waals surface area contributed by atoms with Crippen LogP contribution in [0.3, 0.4) is 0 Å². The molecule has 1 fully saturated rings. The Morgan fingerprint density at radius 1 is 1.03 bits per heavy atom. The van der Waals surface area contributed by atoms with Crippen LogP contribution >= 0.6 is 0 Å². The molecule has 6 nitrogen and oxygen atoms in total. The molecule has 33 heavy (non-hydrogen) atoms. The summed E-state index contributed by atoms with van der Waals surface area (Å²) in [6.07, 6.45) is 0.286. The van der Waals surface area contributed by atoms with Crippen molar-refractivity contribution in [3.63, 3.8) is 0 Å². The molecule has 0 N–H and O–H groups in total. The third-order valence-electron chi connectivity index (χ3n) is 5.94. The van der Waals surface area contributed by atoms with E-state index in [4.69, 9.17) is 14.5 Å². The van der Waals surface area contributed by atoms with Crippen LogP contribution in [0.4, 0.5) is 10.1 Å². The Hall–Kier alpha value is -3.87. The number of hydrogen-bond donors (Lipinski definition) is 0. The molecule has 3 aromatic carbocycles. The summed E-state index contributed by atoms with van der Waals surface area (Å²) in [6.45, 7) is 1.38. The van der Waals surface area contributed by atoms with Gasteiger partial charge in [0, 0.05) is 24.9 Å². The number of fused-ring (bicyclic) bond motifs is 1. The maximum atomic E-state index is 14.3. The molecule has 4 aromatic rings. The van der Waals surface area contributed by atoms with Crippen LogP contribution in [0.1, 0.15) is 18.2 Å². The highest BCUT2D eigenvalue weighted by molar-refractivity contribution is 5.96. The van der Waals surface area contributed by atoms with Gasteiger partial charge in [0.15, 0.2) is 0 Å². The number of amides is 1. The van der Waals surface area contributed by atoms with Crippen LogP contribution in [0.15, 0.2) is 72.8 Å². The minimum absolute atomic E-state index is 0.101. The summed E-state index contributed by atoms with van der Waals surface area (Å²) < 4.78 is 27.7. The molecule has 0 bridgehead atoms. The molecule has 1 aliphatic heterocycles. The third kappa shape index (κ3) is 4.14. The second-order valence-electron chi connectivity index (χ2n) is 7.99. The van der Waals surface area contributed by atoms with Gasteiger partial charge in [-0.1, -0.05) is 30.3 Å². The molecule has 1 unspecified atom stereocenters. The third-order valence-corrected chi connectivity index (χ3v) is 5.94. The first kappa shape index (κ1) is 21.0. The number of rotatable bonds is 7. The van der Waals surface area contributed by atoms with Crippen molar-refractivity contribution in [2.75, 3.05) is 25.2 Å². The van der Waals surface area contributed by atoms with Gasteiger partial charge in [0.1, 0.15) is 29.7 Å². The lowest BCUT2D eigenvalue weighted by Crippen LogP contribution is -2.25. The minimum atomic E-state index is -0.397. The molecule has 2 heterocycles. The molecule has 1 aromatic heterocycles. The van der Waals surface area contributed by atoms with E-state index in [1.54, 1.807) is 25.3 Å². The van der Waals surface area contributed by atoms with Crippen molar-refractivity contribution < 1.29 is 18.7 Å². The molecule has 7 heteroatoms. The topological polar surface area (TPSA) is 56.6 Å². The number of aromatic nitrogens is 2. The molecule has 0 radical (unpaired) electrons. The zero-order chi connectivity index (χ0) is 22.8. The van der Waals surface area contributed by atoms with Gasteiger partial charge < -0.3 is 18.9 Å². The Morgan fingerprint density at radius 3 is 2.67 bits per heavy atom. The van der Waals surface area contributed by atoms with E-state index in [9.17, 15) is 9.18 Å². The minimum Gasteiger partial charge on any atom is -0.497 e. The number of methoxy groups -OCH3 is 1. The van der Waals surface area contributed by atoms with Gasteiger partial charge in [0.2, 0.25) is 5.91 Å². The van der Waals surface area contributed by atoms with Crippen molar-refractivity contribution in [3.05, 3.63) is 84.4 Å².